The first-order chi connectivity index (χ1) is 13.2. The predicted molar refractivity (Wildman–Crippen MR) is 118 cm³/mol. The zero-order valence-corrected chi connectivity index (χ0v) is 18.0. The number of hydrogen-bond donors (Lipinski definition) is 0. The highest BCUT2D eigenvalue weighted by atomic mass is 127. The molecule has 1 atom stereocenters. The summed E-state index contributed by atoms with van der Waals surface area (Å²) in [6.45, 7) is 5.47. The van der Waals surface area contributed by atoms with E-state index in [9.17, 15) is 5.26 Å². The van der Waals surface area contributed by atoms with E-state index in [2.05, 4.69) is 47.5 Å². The van der Waals surface area contributed by atoms with Crippen molar-refractivity contribution >= 4 is 34.5 Å². The van der Waals surface area contributed by atoms with E-state index in [-0.39, 0.29) is 5.92 Å². The van der Waals surface area contributed by atoms with Crippen molar-refractivity contribution in [3.63, 3.8) is 0 Å². The lowest BCUT2D eigenvalue weighted by Gasteiger charge is -2.15. The lowest BCUT2D eigenvalue weighted by atomic mass is 10.0. The Morgan fingerprint density at radius 2 is 1.67 bits per heavy atom. The predicted octanol–water partition coefficient (Wildman–Crippen LogP) is 5.95. The minimum Gasteiger partial charge on any atom is -0.492 e. The average Bonchev–Trinajstić information content (AvgIpc) is 2.70. The number of nitrogens with zero attached hydrogens (tertiary/aromatic N) is 2. The Hall–Kier alpha value is -2.07. The molecule has 0 aliphatic rings. The monoisotopic (exact) mass is 476 g/mol. The van der Waals surface area contributed by atoms with Crippen molar-refractivity contribution in [3.05, 3.63) is 51.6 Å². The number of ether oxygens (including phenoxy) is 2. The fourth-order valence-corrected chi connectivity index (χ4v) is 3.08. The lowest BCUT2D eigenvalue weighted by molar-refractivity contribution is 0.297. The van der Waals surface area contributed by atoms with Crippen LogP contribution in [0.3, 0.4) is 0 Å². The maximum atomic E-state index is 9.54. The molecule has 2 aromatic rings. The molecule has 0 aromatic heterocycles. The minimum absolute atomic E-state index is 0.316. The second-order valence-electron chi connectivity index (χ2n) is 6.16. The molecule has 2 rings (SSSR count). The Balaban J connectivity index is 2.21. The highest BCUT2D eigenvalue weighted by molar-refractivity contribution is 14.1. The molecule has 0 N–H and O–H groups in total. The van der Waals surface area contributed by atoms with Crippen molar-refractivity contribution in [1.29, 1.82) is 5.26 Å². The summed E-state index contributed by atoms with van der Waals surface area (Å²) in [5.74, 6) is 1.32. The summed E-state index contributed by atoms with van der Waals surface area (Å²) in [6.07, 6.45) is 4.16. The van der Waals surface area contributed by atoms with Crippen molar-refractivity contribution in [1.82, 2.24) is 0 Å². The highest BCUT2D eigenvalue weighted by Gasteiger charge is 2.14. The van der Waals surface area contributed by atoms with Crippen molar-refractivity contribution in [3.8, 4) is 17.6 Å². The Kier molecular flexibility index (Phi) is 9.12. The number of nitriles is 1. The molecule has 0 bridgehead atoms. The average molecular weight is 476 g/mol. The number of hydrogen-bond acceptors (Lipinski definition) is 4. The Morgan fingerprint density at radius 1 is 1.07 bits per heavy atom. The summed E-state index contributed by atoms with van der Waals surface area (Å²) in [6, 6.07) is 16.0. The van der Waals surface area contributed by atoms with Crippen LogP contribution in [-0.2, 0) is 6.42 Å². The molecule has 2 aromatic carbocycles. The summed E-state index contributed by atoms with van der Waals surface area (Å²) in [7, 11) is 0. The molecule has 0 radical (unpaired) electrons. The van der Waals surface area contributed by atoms with Crippen molar-refractivity contribution in [2.75, 3.05) is 13.2 Å². The van der Waals surface area contributed by atoms with Crippen LogP contribution in [0.1, 0.15) is 32.3 Å². The first-order valence-corrected chi connectivity index (χ1v) is 10.3. The number of rotatable bonds is 10. The second-order valence-corrected chi connectivity index (χ2v) is 7.24. The number of benzene rings is 2. The standard InChI is InChI=1S/C22H25IN2O2/c1-3-10-26-20-13-17(14-21(22(20)23)27-11-4-2)12-18(15-24)16-25-19-8-6-5-7-9-19/h5-9,13-14,16,18H,3-4,10-12H2,1-2H3. The number of aliphatic imine (C=N–C) groups is 1. The van der Waals surface area contributed by atoms with Crippen molar-refractivity contribution in [2.45, 2.75) is 33.1 Å². The third-order valence-corrected chi connectivity index (χ3v) is 4.83. The van der Waals surface area contributed by atoms with Crippen LogP contribution in [0, 0.1) is 20.8 Å². The van der Waals surface area contributed by atoms with Gasteiger partial charge in [-0.3, -0.25) is 4.99 Å². The van der Waals surface area contributed by atoms with Gasteiger partial charge in [0.15, 0.2) is 0 Å². The van der Waals surface area contributed by atoms with E-state index in [1.165, 1.54) is 0 Å². The van der Waals surface area contributed by atoms with E-state index >= 15 is 0 Å². The fourth-order valence-electron chi connectivity index (χ4n) is 2.45. The molecule has 0 saturated heterocycles. The molecule has 0 amide bonds. The fraction of sp³-hybridized carbons (Fsp3) is 0.364. The van der Waals surface area contributed by atoms with Gasteiger partial charge in [0, 0.05) is 6.21 Å². The van der Waals surface area contributed by atoms with Gasteiger partial charge in [-0.05, 0) is 71.7 Å². The van der Waals surface area contributed by atoms with Crippen LogP contribution in [0.2, 0.25) is 0 Å². The van der Waals surface area contributed by atoms with Crippen molar-refractivity contribution in [2.24, 2.45) is 10.9 Å². The molecule has 27 heavy (non-hydrogen) atoms. The molecule has 0 fully saturated rings. The van der Waals surface area contributed by atoms with E-state index in [0.717, 1.165) is 39.2 Å². The van der Waals surface area contributed by atoms with E-state index < -0.39 is 0 Å². The van der Waals surface area contributed by atoms with Crippen LogP contribution >= 0.6 is 22.6 Å². The summed E-state index contributed by atoms with van der Waals surface area (Å²) in [5, 5.41) is 9.54. The Labute approximate surface area is 175 Å². The zero-order valence-electron chi connectivity index (χ0n) is 15.8. The third kappa shape index (κ3) is 6.87. The van der Waals surface area contributed by atoms with Gasteiger partial charge in [0.25, 0.3) is 0 Å². The van der Waals surface area contributed by atoms with Crippen LogP contribution in [0.15, 0.2) is 47.5 Å². The van der Waals surface area contributed by atoms with Gasteiger partial charge in [-0.2, -0.15) is 5.26 Å². The maximum absolute atomic E-state index is 9.54. The topological polar surface area (TPSA) is 54.6 Å². The molecular formula is C22H25IN2O2. The van der Waals surface area contributed by atoms with Crippen LogP contribution in [0.5, 0.6) is 11.5 Å². The van der Waals surface area contributed by atoms with Gasteiger partial charge >= 0.3 is 0 Å². The lowest BCUT2D eigenvalue weighted by Crippen LogP contribution is -2.07. The van der Waals surface area contributed by atoms with Gasteiger partial charge in [0.1, 0.15) is 11.5 Å². The molecule has 5 heteroatoms. The van der Waals surface area contributed by atoms with Crippen LogP contribution in [-0.4, -0.2) is 19.4 Å². The molecular weight excluding hydrogens is 451 g/mol. The zero-order chi connectivity index (χ0) is 19.5. The third-order valence-electron chi connectivity index (χ3n) is 3.77. The van der Waals surface area contributed by atoms with Crippen LogP contribution in [0.4, 0.5) is 5.69 Å². The van der Waals surface area contributed by atoms with E-state index in [1.807, 2.05) is 42.5 Å². The van der Waals surface area contributed by atoms with Gasteiger partial charge in [0.2, 0.25) is 0 Å². The van der Waals surface area contributed by atoms with Gasteiger partial charge in [-0.1, -0.05) is 32.0 Å². The van der Waals surface area contributed by atoms with Gasteiger partial charge < -0.3 is 9.47 Å². The van der Waals surface area contributed by atoms with Gasteiger partial charge in [-0.25, -0.2) is 0 Å². The molecule has 4 nitrogen and oxygen atoms in total. The highest BCUT2D eigenvalue weighted by Crippen LogP contribution is 2.33. The van der Waals surface area contributed by atoms with E-state index in [0.29, 0.717) is 19.6 Å². The molecule has 0 aliphatic carbocycles. The van der Waals surface area contributed by atoms with Crippen LogP contribution in [0.25, 0.3) is 0 Å². The maximum Gasteiger partial charge on any atom is 0.136 e. The van der Waals surface area contributed by atoms with E-state index in [1.54, 1.807) is 6.21 Å². The summed E-state index contributed by atoms with van der Waals surface area (Å²) >= 11 is 2.26. The summed E-state index contributed by atoms with van der Waals surface area (Å²) in [5.41, 5.74) is 1.86. The summed E-state index contributed by atoms with van der Waals surface area (Å²) < 4.78 is 12.8. The summed E-state index contributed by atoms with van der Waals surface area (Å²) in [4.78, 5) is 4.42. The first kappa shape index (κ1) is 21.2. The quantitative estimate of drug-likeness (QED) is 0.315. The Bertz CT molecular complexity index is 756. The molecule has 0 heterocycles. The first-order valence-electron chi connectivity index (χ1n) is 9.24. The molecule has 142 valence electrons. The molecule has 1 unspecified atom stereocenters. The van der Waals surface area contributed by atoms with Gasteiger partial charge in [-0.15, -0.1) is 0 Å². The minimum atomic E-state index is -0.316. The van der Waals surface area contributed by atoms with Crippen molar-refractivity contribution < 1.29 is 9.47 Å². The number of para-hydroxylation sites is 1. The largest absolute Gasteiger partial charge is 0.492 e. The molecule has 0 aliphatic heterocycles. The Morgan fingerprint density at radius 3 is 2.19 bits per heavy atom. The van der Waals surface area contributed by atoms with E-state index in [4.69, 9.17) is 9.47 Å². The van der Waals surface area contributed by atoms with Crippen LogP contribution < -0.4 is 9.47 Å². The second kappa shape index (κ2) is 11.6. The normalized spacial score (nSPS) is 11.9. The SMILES string of the molecule is CCCOc1cc(CC(C#N)C=Nc2ccccc2)cc(OCCC)c1I. The molecule has 0 saturated carbocycles. The number of halogens is 1. The smallest absolute Gasteiger partial charge is 0.136 e. The molecule has 0 spiro atoms. The van der Waals surface area contributed by atoms with Gasteiger partial charge in [0.05, 0.1) is 34.5 Å².